The molecule has 6 rings (SSSR count). The Hall–Kier alpha value is -6.08. The average Bonchev–Trinajstić information content (AvgIpc) is 1.97. The second kappa shape index (κ2) is 34.6. The number of carboxylic acids is 1. The third kappa shape index (κ3) is 22.8. The number of benzene rings is 1. The van der Waals surface area contributed by atoms with Crippen molar-refractivity contribution in [3.8, 4) is 0 Å². The molecular formula is C61H87F2N7O17. The molecule has 482 valence electrons. The van der Waals surface area contributed by atoms with Crippen LogP contribution >= 0.6 is 0 Å². The molecule has 5 heterocycles. The minimum Gasteiger partial charge on any atom is -0.481 e. The number of rotatable bonds is 8. The van der Waals surface area contributed by atoms with Crippen LogP contribution in [0.15, 0.2) is 129 Å². The van der Waals surface area contributed by atoms with Crippen molar-refractivity contribution in [3.63, 3.8) is 0 Å². The topological polar surface area (TPSA) is 381 Å². The van der Waals surface area contributed by atoms with Gasteiger partial charge in [-0.3, -0.25) is 9.59 Å². The lowest BCUT2D eigenvalue weighted by molar-refractivity contribution is -0.307. The van der Waals surface area contributed by atoms with Gasteiger partial charge in [-0.1, -0.05) is 112 Å². The van der Waals surface area contributed by atoms with Crippen LogP contribution in [0.25, 0.3) is 0 Å². The number of aliphatic hydroxyl groups excluding tert-OH is 8. The van der Waals surface area contributed by atoms with Crippen LogP contribution < -0.4 is 5.73 Å². The summed E-state index contributed by atoms with van der Waals surface area (Å²) in [5.74, 6) is -8.47. The number of ether oxygens (including phenoxy) is 4. The van der Waals surface area contributed by atoms with Crippen molar-refractivity contribution < 1.29 is 93.5 Å². The molecule has 1 unspecified atom stereocenters. The molecule has 0 amide bonds. The van der Waals surface area contributed by atoms with Crippen molar-refractivity contribution in [2.24, 2.45) is 29.4 Å². The van der Waals surface area contributed by atoms with E-state index in [0.29, 0.717) is 0 Å². The van der Waals surface area contributed by atoms with Crippen LogP contribution in [-0.4, -0.2) is 189 Å². The van der Waals surface area contributed by atoms with Crippen molar-refractivity contribution in [2.75, 3.05) is 0 Å². The van der Waals surface area contributed by atoms with Crippen LogP contribution in [0.2, 0.25) is 0 Å². The van der Waals surface area contributed by atoms with Crippen LogP contribution in [0, 0.1) is 35.3 Å². The first-order valence-electron chi connectivity index (χ1n) is 29.0. The van der Waals surface area contributed by atoms with Gasteiger partial charge in [0.05, 0.1) is 80.5 Å². The van der Waals surface area contributed by atoms with Crippen LogP contribution in [-0.2, 0) is 47.2 Å². The van der Waals surface area contributed by atoms with Crippen molar-refractivity contribution in [3.05, 3.63) is 146 Å². The number of carbonyl (C=O) groups excluding carboxylic acids is 1. The number of nitrogens with zero attached hydrogens (tertiary/aromatic N) is 6. The highest BCUT2D eigenvalue weighted by Gasteiger charge is 2.51. The lowest BCUT2D eigenvalue weighted by Gasteiger charge is -2.45. The lowest BCUT2D eigenvalue weighted by atomic mass is 9.82. The first kappa shape index (κ1) is 71.7. The molecule has 0 radical (unpaired) electrons. The molecule has 3 aliphatic rings. The molecule has 2 aromatic heterocycles. The Morgan fingerprint density at radius 1 is 0.713 bits per heavy atom. The Morgan fingerprint density at radius 3 is 1.84 bits per heavy atom. The van der Waals surface area contributed by atoms with Gasteiger partial charge in [-0.15, -0.1) is 0 Å². The summed E-state index contributed by atoms with van der Waals surface area (Å²) < 4.78 is 53.5. The molecule has 3 aromatic rings. The minimum absolute atomic E-state index is 0.0556. The van der Waals surface area contributed by atoms with Gasteiger partial charge in [0.15, 0.2) is 12.1 Å². The summed E-state index contributed by atoms with van der Waals surface area (Å²) in [5.41, 5.74) is 4.52. The summed E-state index contributed by atoms with van der Waals surface area (Å²) in [6, 6.07) is 2.32. The number of aliphatic carboxylic acids is 1. The molecule has 13 N–H and O–H groups in total. The highest BCUT2D eigenvalue weighted by atomic mass is 19.1. The Balaban J connectivity index is 0.000000518. The zero-order valence-corrected chi connectivity index (χ0v) is 49.5. The zero-order valence-electron chi connectivity index (χ0n) is 49.5. The second-order valence-electron chi connectivity index (χ2n) is 22.8. The summed E-state index contributed by atoms with van der Waals surface area (Å²) >= 11 is 0. The van der Waals surface area contributed by atoms with Crippen molar-refractivity contribution in [2.45, 2.75) is 196 Å². The van der Waals surface area contributed by atoms with E-state index in [4.69, 9.17) is 24.7 Å². The fraction of sp³-hybridized carbons (Fsp3) is 0.574. The van der Waals surface area contributed by atoms with Crippen LogP contribution in [0.5, 0.6) is 0 Å². The van der Waals surface area contributed by atoms with E-state index < -0.39 is 158 Å². The number of halogens is 2. The SMILES string of the molecule is C[C@@H]1[C@@H](N)[C@@H](O)C(O[C@H]2/C=C/C=C/C=C/C=C/C=C/C=C/C=C/[C@H](C)[C@@H](O)[C@@H](C)[C@H](C)OC(=O)C[C@H](O)C[C@H](O)CC[C@@H](O)[C@H](O)C[C@H](O)C[C@]3(O)C[C@H](O)[C@@H](C(=O)O)[C@H](C2)O3)O[C@H]1C.OC(Cn1cncn1)(Cn1cncn1)c1ccc(F)cc1F. The first-order valence-corrected chi connectivity index (χ1v) is 29.0. The third-order valence-corrected chi connectivity index (χ3v) is 15.7. The predicted octanol–water partition coefficient (Wildman–Crippen LogP) is 2.72. The molecule has 87 heavy (non-hydrogen) atoms. The molecule has 26 heteroatoms. The highest BCUT2D eigenvalue weighted by Crippen LogP contribution is 2.39. The summed E-state index contributed by atoms with van der Waals surface area (Å²) in [5, 5.41) is 127. The van der Waals surface area contributed by atoms with Gasteiger partial charge < -0.3 is 80.9 Å². The van der Waals surface area contributed by atoms with Crippen molar-refractivity contribution in [1.29, 1.82) is 0 Å². The predicted molar refractivity (Wildman–Crippen MR) is 310 cm³/mol. The monoisotopic (exact) mass is 1230 g/mol. The first-order chi connectivity index (χ1) is 41.2. The molecule has 0 saturated carbocycles. The minimum atomic E-state index is -2.29. The number of esters is 1. The Kier molecular flexibility index (Phi) is 28.5. The number of hydrogen-bond acceptors (Lipinski definition) is 21. The summed E-state index contributed by atoms with van der Waals surface area (Å²) in [4.78, 5) is 32.7. The zero-order chi connectivity index (χ0) is 64.0. The van der Waals surface area contributed by atoms with E-state index in [-0.39, 0.29) is 56.2 Å². The van der Waals surface area contributed by atoms with Gasteiger partial charge in [-0.05, 0) is 45.1 Å². The third-order valence-electron chi connectivity index (χ3n) is 15.7. The number of allylic oxidation sites excluding steroid dienone is 12. The summed E-state index contributed by atoms with van der Waals surface area (Å²) in [7, 11) is 0. The van der Waals surface area contributed by atoms with Crippen LogP contribution in [0.1, 0.15) is 91.5 Å². The van der Waals surface area contributed by atoms with E-state index in [9.17, 15) is 74.5 Å². The van der Waals surface area contributed by atoms with E-state index in [0.717, 1.165) is 12.1 Å². The van der Waals surface area contributed by atoms with E-state index in [1.54, 1.807) is 69.4 Å². The Bertz CT molecular complexity index is 2730. The molecule has 2 saturated heterocycles. The lowest BCUT2D eigenvalue weighted by Crippen LogP contribution is -2.58. The summed E-state index contributed by atoms with van der Waals surface area (Å²) in [6.45, 7) is 8.69. The quantitative estimate of drug-likeness (QED) is 0.144. The maximum absolute atomic E-state index is 14.1. The molecule has 19 atom stereocenters. The number of aromatic nitrogens is 6. The van der Waals surface area contributed by atoms with Gasteiger partial charge in [0, 0.05) is 55.2 Å². The number of carboxylic acid groups (broad SMARTS) is 1. The Morgan fingerprint density at radius 2 is 1.29 bits per heavy atom. The fourth-order valence-electron chi connectivity index (χ4n) is 10.4. The molecule has 0 spiro atoms. The second-order valence-corrected chi connectivity index (χ2v) is 22.8. The normalized spacial score (nSPS) is 37.0. The van der Waals surface area contributed by atoms with Crippen molar-refractivity contribution in [1.82, 2.24) is 29.5 Å². The smallest absolute Gasteiger partial charge is 0.311 e. The largest absolute Gasteiger partial charge is 0.481 e. The molecular weight excluding hydrogens is 1140 g/mol. The number of fused-ring (bicyclic) bond motifs is 2. The summed E-state index contributed by atoms with van der Waals surface area (Å²) in [6.07, 6.45) is 11.7. The molecule has 2 fully saturated rings. The Labute approximate surface area is 504 Å². The molecule has 0 aliphatic carbocycles. The number of nitrogens with two attached hydrogens (primary N) is 1. The van der Waals surface area contributed by atoms with Gasteiger partial charge in [-0.2, -0.15) is 10.2 Å². The van der Waals surface area contributed by atoms with Crippen LogP contribution in [0.3, 0.4) is 0 Å². The van der Waals surface area contributed by atoms with E-state index in [2.05, 4.69) is 20.2 Å². The van der Waals surface area contributed by atoms with E-state index >= 15 is 0 Å². The van der Waals surface area contributed by atoms with Gasteiger partial charge >= 0.3 is 11.9 Å². The van der Waals surface area contributed by atoms with Crippen LogP contribution in [0.4, 0.5) is 8.78 Å². The average molecular weight is 1230 g/mol. The van der Waals surface area contributed by atoms with Gasteiger partial charge in [-0.25, -0.2) is 28.1 Å². The van der Waals surface area contributed by atoms with Crippen molar-refractivity contribution >= 4 is 11.9 Å². The molecule has 24 nitrogen and oxygen atoms in total. The van der Waals surface area contributed by atoms with Gasteiger partial charge in [0.1, 0.15) is 60.7 Å². The van der Waals surface area contributed by atoms with E-state index in [1.807, 2.05) is 50.3 Å². The number of cyclic esters (lactones) is 1. The molecule has 1 aromatic carbocycles. The number of hydrogen-bond donors (Lipinski definition) is 12. The van der Waals surface area contributed by atoms with Gasteiger partial charge in [0.25, 0.3) is 0 Å². The van der Waals surface area contributed by atoms with Gasteiger partial charge in [0.2, 0.25) is 0 Å². The molecule has 3 aliphatic heterocycles. The maximum Gasteiger partial charge on any atom is 0.311 e. The highest BCUT2D eigenvalue weighted by molar-refractivity contribution is 5.71. The fourth-order valence-corrected chi connectivity index (χ4v) is 10.4. The number of aliphatic hydroxyl groups is 10. The number of carbonyl (C=O) groups is 2. The maximum atomic E-state index is 14.1. The standard InChI is InChI=1S/C48H75NO16.C13H12F2N6O/c1-28-18-16-14-12-10-8-6-7-9-11-13-15-17-19-36(64-47-45(58)43(49)29(2)31(4)63-47)25-40-42(46(59)60)39(55)27-48(61,65-40)26-35(52)23-38(54)37(53)21-20-33(50)22-34(51)24-41(56)62-32(5)30(3)44(28)57;14-10-1-2-11(12(15)3-10)13(22,4-20-8-16-6-18-20)5-21-9-17-7-19-21/h6-19,28-40,42-45,47,50-55,57-58,61H,20-27,49H2,1-5H3,(H,59,60);1-3,6-9,22H,4-5H2/b7-6+,10-8+,11-9+,14-12+,15-13+,18-16+,19-17+;/t28-,29-,30-,31-,32-,33+,34+,35-,36-,37+,38+,39-,40-,42+,43+,44+,45+,47?,48+;/m0./s1. The molecule has 2 bridgehead atoms. The van der Waals surface area contributed by atoms with E-state index in [1.165, 1.54) is 40.7 Å².